The summed E-state index contributed by atoms with van der Waals surface area (Å²) in [5.41, 5.74) is 3.56. The van der Waals surface area contributed by atoms with E-state index in [2.05, 4.69) is 30.3 Å². The van der Waals surface area contributed by atoms with E-state index in [1.807, 2.05) is 36.4 Å². The van der Waals surface area contributed by atoms with Gasteiger partial charge in [0, 0.05) is 13.3 Å². The number of hydrogen-bond acceptors (Lipinski definition) is 4. The Balaban J connectivity index is 1.73. The van der Waals surface area contributed by atoms with E-state index < -0.39 is 11.7 Å². The number of carbonyl (C=O) groups is 1. The summed E-state index contributed by atoms with van der Waals surface area (Å²) in [5, 5.41) is 0. The van der Waals surface area contributed by atoms with E-state index in [9.17, 15) is 4.79 Å². The van der Waals surface area contributed by atoms with Crippen molar-refractivity contribution in [2.24, 2.45) is 0 Å². The van der Waals surface area contributed by atoms with Crippen LogP contribution in [0.15, 0.2) is 83.5 Å². The fourth-order valence-electron chi connectivity index (χ4n) is 4.37. The first kappa shape index (κ1) is 17.0. The zero-order valence-corrected chi connectivity index (χ0v) is 15.5. The summed E-state index contributed by atoms with van der Waals surface area (Å²) < 4.78 is 18.0. The summed E-state index contributed by atoms with van der Waals surface area (Å²) in [5.74, 6) is 0.191. The molecule has 2 aromatic carbocycles. The van der Waals surface area contributed by atoms with Gasteiger partial charge in [0.25, 0.3) is 0 Å². The molecule has 3 heterocycles. The van der Waals surface area contributed by atoms with E-state index in [1.54, 1.807) is 12.3 Å². The molecule has 4 nitrogen and oxygen atoms in total. The van der Waals surface area contributed by atoms with Crippen LogP contribution in [-0.2, 0) is 19.9 Å². The number of furan rings is 1. The van der Waals surface area contributed by atoms with Crippen molar-refractivity contribution in [3.63, 3.8) is 0 Å². The lowest BCUT2D eigenvalue weighted by molar-refractivity contribution is -0.175. The molecule has 3 aromatic rings. The smallest absolute Gasteiger partial charge is 0.303 e. The summed E-state index contributed by atoms with van der Waals surface area (Å²) in [6, 6.07) is 22.1. The highest BCUT2D eigenvalue weighted by Crippen LogP contribution is 2.58. The summed E-state index contributed by atoms with van der Waals surface area (Å²) in [7, 11) is 0. The van der Waals surface area contributed by atoms with Crippen LogP contribution >= 0.6 is 0 Å². The van der Waals surface area contributed by atoms with Crippen LogP contribution in [0.3, 0.4) is 0 Å². The Morgan fingerprint density at radius 1 is 1.07 bits per heavy atom. The van der Waals surface area contributed by atoms with E-state index in [1.165, 1.54) is 12.5 Å². The quantitative estimate of drug-likeness (QED) is 0.580. The second-order valence-electron chi connectivity index (χ2n) is 7.23. The minimum absolute atomic E-state index is 0.0931. The zero-order chi connectivity index (χ0) is 19.1. The molecule has 0 amide bonds. The Morgan fingerprint density at radius 3 is 2.61 bits per heavy atom. The van der Waals surface area contributed by atoms with Gasteiger partial charge in [0.05, 0.1) is 12.4 Å². The maximum atomic E-state index is 12.0. The standard InChI is InChI=1S/C24H20O4/c1-16(25)27-23(21-12-7-13-26-21)24-15-18(17-8-3-2-4-9-17)14-22(28-24)19-10-5-6-11-20(19)24/h2-13,15,22-23H,14H2,1H3/t22-,23-,24+/m0/s1. The van der Waals surface area contributed by atoms with E-state index in [0.717, 1.165) is 23.1 Å². The van der Waals surface area contributed by atoms with Gasteiger partial charge in [-0.05, 0) is 40.5 Å². The van der Waals surface area contributed by atoms with E-state index in [0.29, 0.717) is 5.76 Å². The monoisotopic (exact) mass is 372 g/mol. The Bertz CT molecular complexity index is 1040. The Morgan fingerprint density at radius 2 is 1.86 bits per heavy atom. The zero-order valence-electron chi connectivity index (χ0n) is 15.5. The number of rotatable bonds is 4. The molecule has 1 aromatic heterocycles. The highest BCUT2D eigenvalue weighted by Gasteiger charge is 2.54. The van der Waals surface area contributed by atoms with Crippen molar-refractivity contribution in [2.45, 2.75) is 31.2 Å². The lowest BCUT2D eigenvalue weighted by Crippen LogP contribution is -2.36. The molecule has 28 heavy (non-hydrogen) atoms. The van der Waals surface area contributed by atoms with Crippen LogP contribution in [0.25, 0.3) is 5.57 Å². The predicted molar refractivity (Wildman–Crippen MR) is 104 cm³/mol. The fourth-order valence-corrected chi connectivity index (χ4v) is 4.37. The maximum Gasteiger partial charge on any atom is 0.303 e. The maximum absolute atomic E-state index is 12.0. The first-order valence-electron chi connectivity index (χ1n) is 9.42. The van der Waals surface area contributed by atoms with Gasteiger partial charge in [0.2, 0.25) is 0 Å². The molecule has 3 atom stereocenters. The fraction of sp³-hybridized carbons (Fsp3) is 0.208. The normalized spacial score (nSPS) is 23.6. The number of ether oxygens (including phenoxy) is 2. The van der Waals surface area contributed by atoms with Crippen molar-refractivity contribution < 1.29 is 18.7 Å². The molecule has 0 saturated heterocycles. The molecule has 0 unspecified atom stereocenters. The summed E-state index contributed by atoms with van der Waals surface area (Å²) in [6.45, 7) is 1.41. The van der Waals surface area contributed by atoms with Gasteiger partial charge in [-0.1, -0.05) is 54.6 Å². The molecule has 2 aliphatic heterocycles. The predicted octanol–water partition coefficient (Wildman–Crippen LogP) is 5.34. The van der Waals surface area contributed by atoms with Crippen LogP contribution in [0.2, 0.25) is 0 Å². The summed E-state index contributed by atoms with van der Waals surface area (Å²) >= 11 is 0. The van der Waals surface area contributed by atoms with Crippen LogP contribution in [-0.4, -0.2) is 5.97 Å². The van der Waals surface area contributed by atoms with Crippen molar-refractivity contribution in [1.29, 1.82) is 0 Å². The third-order valence-corrected chi connectivity index (χ3v) is 5.48. The van der Waals surface area contributed by atoms with Crippen LogP contribution < -0.4 is 0 Å². The number of esters is 1. The minimum atomic E-state index is -0.922. The highest BCUT2D eigenvalue weighted by atomic mass is 16.6. The molecule has 0 saturated carbocycles. The summed E-state index contributed by atoms with van der Waals surface area (Å²) in [4.78, 5) is 12.0. The molecule has 2 bridgehead atoms. The largest absolute Gasteiger partial charge is 0.465 e. The summed E-state index contributed by atoms with van der Waals surface area (Å²) in [6.07, 6.45) is 3.68. The average Bonchev–Trinajstić information content (AvgIpc) is 3.33. The molecule has 0 aliphatic carbocycles. The van der Waals surface area contributed by atoms with Gasteiger partial charge in [-0.3, -0.25) is 4.79 Å². The SMILES string of the molecule is CC(=O)O[C@@H](c1ccco1)[C@]12C=C(c3ccccc3)C[C@H](O1)c1ccccc12. The first-order valence-corrected chi connectivity index (χ1v) is 9.42. The molecular formula is C24H20O4. The number of benzene rings is 2. The molecule has 0 spiro atoms. The molecule has 0 fully saturated rings. The van der Waals surface area contributed by atoms with Crippen molar-refractivity contribution in [3.8, 4) is 0 Å². The van der Waals surface area contributed by atoms with Crippen molar-refractivity contribution >= 4 is 11.5 Å². The first-order chi connectivity index (χ1) is 13.7. The molecule has 4 heteroatoms. The molecule has 0 N–H and O–H groups in total. The molecular weight excluding hydrogens is 352 g/mol. The number of hydrogen-bond donors (Lipinski definition) is 0. The molecule has 140 valence electrons. The van der Waals surface area contributed by atoms with Crippen LogP contribution in [0.1, 0.15) is 48.0 Å². The highest BCUT2D eigenvalue weighted by molar-refractivity contribution is 5.72. The van der Waals surface area contributed by atoms with Crippen molar-refractivity contribution in [1.82, 2.24) is 0 Å². The van der Waals surface area contributed by atoms with Gasteiger partial charge in [-0.15, -0.1) is 0 Å². The molecule has 5 rings (SSSR count). The number of carbonyl (C=O) groups excluding carboxylic acids is 1. The van der Waals surface area contributed by atoms with Gasteiger partial charge in [-0.25, -0.2) is 0 Å². The Labute approximate surface area is 163 Å². The van der Waals surface area contributed by atoms with Gasteiger partial charge < -0.3 is 13.9 Å². The molecule has 2 aliphatic rings. The van der Waals surface area contributed by atoms with Crippen LogP contribution in [0.4, 0.5) is 0 Å². The van der Waals surface area contributed by atoms with Crippen molar-refractivity contribution in [3.05, 3.63) is 102 Å². The lowest BCUT2D eigenvalue weighted by Gasteiger charge is -2.37. The van der Waals surface area contributed by atoms with E-state index in [-0.39, 0.29) is 12.1 Å². The van der Waals surface area contributed by atoms with Crippen LogP contribution in [0, 0.1) is 0 Å². The van der Waals surface area contributed by atoms with Gasteiger partial charge >= 0.3 is 5.97 Å². The Hall–Kier alpha value is -3.11. The second kappa shape index (κ2) is 6.50. The van der Waals surface area contributed by atoms with Gasteiger partial charge in [0.15, 0.2) is 11.7 Å². The average molecular weight is 372 g/mol. The third-order valence-electron chi connectivity index (χ3n) is 5.48. The van der Waals surface area contributed by atoms with Gasteiger partial charge in [-0.2, -0.15) is 0 Å². The van der Waals surface area contributed by atoms with Crippen molar-refractivity contribution in [2.75, 3.05) is 0 Å². The molecule has 0 radical (unpaired) electrons. The van der Waals surface area contributed by atoms with E-state index in [4.69, 9.17) is 13.9 Å². The number of fused-ring (bicyclic) bond motifs is 5. The van der Waals surface area contributed by atoms with Gasteiger partial charge in [0.1, 0.15) is 5.76 Å². The third kappa shape index (κ3) is 2.60. The lowest BCUT2D eigenvalue weighted by atomic mass is 9.84. The minimum Gasteiger partial charge on any atom is -0.465 e. The Kier molecular flexibility index (Phi) is 3.95. The second-order valence-corrected chi connectivity index (χ2v) is 7.23. The van der Waals surface area contributed by atoms with Crippen LogP contribution in [0.5, 0.6) is 0 Å². The topological polar surface area (TPSA) is 48.7 Å². The van der Waals surface area contributed by atoms with E-state index >= 15 is 0 Å².